The molecule has 0 radical (unpaired) electrons. The maximum absolute atomic E-state index is 12.9. The Bertz CT molecular complexity index is 1050. The minimum Gasteiger partial charge on any atom is -0.354 e. The lowest BCUT2D eigenvalue weighted by Gasteiger charge is -2.03. The summed E-state index contributed by atoms with van der Waals surface area (Å²) in [6.45, 7) is 0.665. The first kappa shape index (κ1) is 14.2. The fourth-order valence-electron chi connectivity index (χ4n) is 2.61. The molecule has 0 spiro atoms. The predicted octanol–water partition coefficient (Wildman–Crippen LogP) is 2.88. The molecule has 2 heterocycles. The van der Waals surface area contributed by atoms with Crippen molar-refractivity contribution in [1.29, 1.82) is 5.26 Å². The van der Waals surface area contributed by atoms with Gasteiger partial charge in [0, 0.05) is 6.54 Å². The summed E-state index contributed by atoms with van der Waals surface area (Å²) in [5.41, 5.74) is 3.21. The van der Waals surface area contributed by atoms with Gasteiger partial charge in [-0.25, -0.2) is 13.9 Å². The SMILES string of the molecule is N#Cc1ccc2c(c1)nc1nc(NCCc3ccc(F)cc3)[nH]n12. The van der Waals surface area contributed by atoms with Crippen molar-refractivity contribution >= 4 is 22.8 Å². The first-order valence-corrected chi connectivity index (χ1v) is 7.49. The van der Waals surface area contributed by atoms with Crippen molar-refractivity contribution in [1.82, 2.24) is 19.6 Å². The van der Waals surface area contributed by atoms with Crippen molar-refractivity contribution < 1.29 is 4.39 Å². The molecule has 2 aromatic carbocycles. The number of hydrogen-bond acceptors (Lipinski definition) is 4. The van der Waals surface area contributed by atoms with E-state index in [1.807, 2.05) is 6.07 Å². The molecule has 4 aromatic rings. The fourth-order valence-corrected chi connectivity index (χ4v) is 2.61. The maximum atomic E-state index is 12.9. The Morgan fingerprint density at radius 3 is 2.79 bits per heavy atom. The van der Waals surface area contributed by atoms with Crippen LogP contribution < -0.4 is 5.32 Å². The van der Waals surface area contributed by atoms with Crippen molar-refractivity contribution in [2.75, 3.05) is 11.9 Å². The van der Waals surface area contributed by atoms with Crippen molar-refractivity contribution in [3.05, 3.63) is 59.4 Å². The molecule has 0 saturated heterocycles. The van der Waals surface area contributed by atoms with Gasteiger partial charge in [0.05, 0.1) is 22.7 Å². The number of benzene rings is 2. The zero-order valence-corrected chi connectivity index (χ0v) is 12.6. The zero-order chi connectivity index (χ0) is 16.5. The van der Waals surface area contributed by atoms with Gasteiger partial charge in [0.1, 0.15) is 5.82 Å². The van der Waals surface area contributed by atoms with Crippen LogP contribution in [0.1, 0.15) is 11.1 Å². The lowest BCUT2D eigenvalue weighted by atomic mass is 10.1. The highest BCUT2D eigenvalue weighted by Crippen LogP contribution is 2.17. The lowest BCUT2D eigenvalue weighted by Crippen LogP contribution is -2.06. The highest BCUT2D eigenvalue weighted by molar-refractivity contribution is 5.80. The van der Waals surface area contributed by atoms with Crippen LogP contribution in [0.5, 0.6) is 0 Å². The number of halogens is 1. The van der Waals surface area contributed by atoms with Crippen LogP contribution in [-0.2, 0) is 6.42 Å². The Kier molecular flexibility index (Phi) is 3.35. The third-order valence-corrected chi connectivity index (χ3v) is 3.81. The second-order valence-electron chi connectivity index (χ2n) is 5.44. The van der Waals surface area contributed by atoms with Gasteiger partial charge < -0.3 is 5.32 Å². The number of nitriles is 1. The number of anilines is 1. The summed E-state index contributed by atoms with van der Waals surface area (Å²) < 4.78 is 14.6. The van der Waals surface area contributed by atoms with E-state index < -0.39 is 0 Å². The van der Waals surface area contributed by atoms with Crippen LogP contribution in [0.4, 0.5) is 10.3 Å². The number of imidazole rings is 1. The average Bonchev–Trinajstić information content (AvgIpc) is 3.13. The van der Waals surface area contributed by atoms with Gasteiger partial charge in [0.2, 0.25) is 5.95 Å². The first-order chi connectivity index (χ1) is 11.7. The van der Waals surface area contributed by atoms with Gasteiger partial charge in [-0.05, 0) is 42.3 Å². The monoisotopic (exact) mass is 320 g/mol. The highest BCUT2D eigenvalue weighted by atomic mass is 19.1. The molecule has 0 aliphatic heterocycles. The largest absolute Gasteiger partial charge is 0.354 e. The normalized spacial score (nSPS) is 11.0. The lowest BCUT2D eigenvalue weighted by molar-refractivity contribution is 0.627. The van der Waals surface area contributed by atoms with Crippen LogP contribution in [0.15, 0.2) is 42.5 Å². The number of aromatic amines is 1. The second-order valence-corrected chi connectivity index (χ2v) is 5.44. The molecule has 118 valence electrons. The molecule has 0 unspecified atom stereocenters. The Morgan fingerprint density at radius 2 is 2.00 bits per heavy atom. The van der Waals surface area contributed by atoms with Crippen LogP contribution in [0.3, 0.4) is 0 Å². The van der Waals surface area contributed by atoms with Crippen molar-refractivity contribution in [3.63, 3.8) is 0 Å². The molecule has 0 bridgehead atoms. The number of aromatic nitrogens is 4. The van der Waals surface area contributed by atoms with Crippen molar-refractivity contribution in [3.8, 4) is 6.07 Å². The molecule has 2 N–H and O–H groups in total. The van der Waals surface area contributed by atoms with Crippen LogP contribution >= 0.6 is 0 Å². The van der Waals surface area contributed by atoms with Crippen LogP contribution in [0.25, 0.3) is 16.8 Å². The van der Waals surface area contributed by atoms with Crippen LogP contribution in [0.2, 0.25) is 0 Å². The Hall–Kier alpha value is -3.40. The van der Waals surface area contributed by atoms with Gasteiger partial charge in [-0.3, -0.25) is 5.10 Å². The molecule has 0 atom stereocenters. The molecule has 0 saturated carbocycles. The Labute approximate surface area is 136 Å². The van der Waals surface area contributed by atoms with Crippen molar-refractivity contribution in [2.45, 2.75) is 6.42 Å². The molecule has 7 heteroatoms. The molecule has 0 aliphatic carbocycles. The van der Waals surface area contributed by atoms with E-state index in [1.54, 1.807) is 28.8 Å². The zero-order valence-electron chi connectivity index (χ0n) is 12.6. The number of fused-ring (bicyclic) bond motifs is 3. The van der Waals surface area contributed by atoms with Crippen LogP contribution in [0, 0.1) is 17.1 Å². The second kappa shape index (κ2) is 5.66. The summed E-state index contributed by atoms with van der Waals surface area (Å²) >= 11 is 0. The number of nitrogens with one attached hydrogen (secondary N) is 2. The molecule has 0 aliphatic rings. The maximum Gasteiger partial charge on any atom is 0.253 e. The van der Waals surface area contributed by atoms with Gasteiger partial charge in [0.15, 0.2) is 0 Å². The average molecular weight is 320 g/mol. The highest BCUT2D eigenvalue weighted by Gasteiger charge is 2.10. The molecule has 24 heavy (non-hydrogen) atoms. The minimum absolute atomic E-state index is 0.231. The summed E-state index contributed by atoms with van der Waals surface area (Å²) in [5.74, 6) is 0.931. The Balaban J connectivity index is 1.51. The molecule has 0 amide bonds. The smallest absolute Gasteiger partial charge is 0.253 e. The van der Waals surface area contributed by atoms with Gasteiger partial charge in [-0.15, -0.1) is 0 Å². The number of hydrogen-bond donors (Lipinski definition) is 2. The summed E-state index contributed by atoms with van der Waals surface area (Å²) in [6, 6.07) is 13.9. The number of nitrogens with zero attached hydrogens (tertiary/aromatic N) is 4. The van der Waals surface area contributed by atoms with E-state index in [9.17, 15) is 4.39 Å². The standard InChI is InChI=1S/C17H13FN6/c18-13-4-1-11(2-5-13)7-8-20-16-22-17-21-14-9-12(10-19)3-6-15(14)24(17)23-16/h1-6,9H,7-8H2,(H2,20,21,22,23). The third-order valence-electron chi connectivity index (χ3n) is 3.81. The van der Waals surface area contributed by atoms with E-state index in [1.165, 1.54) is 12.1 Å². The number of H-pyrrole nitrogens is 1. The quantitative estimate of drug-likeness (QED) is 0.606. The Morgan fingerprint density at radius 1 is 1.17 bits per heavy atom. The molecule has 0 fully saturated rings. The molecule has 4 rings (SSSR count). The van der Waals surface area contributed by atoms with E-state index in [4.69, 9.17) is 5.26 Å². The summed E-state index contributed by atoms with van der Waals surface area (Å²) in [7, 11) is 0. The van der Waals surface area contributed by atoms with E-state index in [0.29, 0.717) is 23.8 Å². The van der Waals surface area contributed by atoms with Gasteiger partial charge in [0.25, 0.3) is 5.78 Å². The van der Waals surface area contributed by atoms with Gasteiger partial charge in [-0.1, -0.05) is 12.1 Å². The number of rotatable bonds is 4. The topological polar surface area (TPSA) is 81.8 Å². The summed E-state index contributed by atoms with van der Waals surface area (Å²) in [4.78, 5) is 8.80. The first-order valence-electron chi connectivity index (χ1n) is 7.49. The predicted molar refractivity (Wildman–Crippen MR) is 88.2 cm³/mol. The van der Waals surface area contributed by atoms with Gasteiger partial charge >= 0.3 is 0 Å². The molecular weight excluding hydrogens is 307 g/mol. The van der Waals surface area contributed by atoms with E-state index in [0.717, 1.165) is 23.0 Å². The van der Waals surface area contributed by atoms with E-state index in [-0.39, 0.29) is 5.82 Å². The molecule has 2 aromatic heterocycles. The van der Waals surface area contributed by atoms with E-state index >= 15 is 0 Å². The molecular formula is C17H13FN6. The van der Waals surface area contributed by atoms with Gasteiger partial charge in [-0.2, -0.15) is 10.2 Å². The fraction of sp³-hybridized carbons (Fsp3) is 0.118. The van der Waals surface area contributed by atoms with Crippen LogP contribution in [-0.4, -0.2) is 26.1 Å². The van der Waals surface area contributed by atoms with Crippen molar-refractivity contribution in [2.24, 2.45) is 0 Å². The minimum atomic E-state index is -0.231. The summed E-state index contributed by atoms with van der Waals surface area (Å²) in [5, 5.41) is 15.3. The van der Waals surface area contributed by atoms with E-state index in [2.05, 4.69) is 26.5 Å². The third kappa shape index (κ3) is 2.54. The molecule has 6 nitrogen and oxygen atoms in total. The summed E-state index contributed by atoms with van der Waals surface area (Å²) in [6.07, 6.45) is 0.759.